The van der Waals surface area contributed by atoms with Gasteiger partial charge in [-0.25, -0.2) is 0 Å². The van der Waals surface area contributed by atoms with Crippen LogP contribution in [0.25, 0.3) is 0 Å². The molecule has 1 aromatic carbocycles. The van der Waals surface area contributed by atoms with Gasteiger partial charge in [0.25, 0.3) is 0 Å². The summed E-state index contributed by atoms with van der Waals surface area (Å²) < 4.78 is 5.32. The molecule has 3 heteroatoms. The highest BCUT2D eigenvalue weighted by atomic mass is 16.5. The van der Waals surface area contributed by atoms with Crippen LogP contribution in [0.3, 0.4) is 0 Å². The highest BCUT2D eigenvalue weighted by Gasteiger charge is 2.05. The molecule has 0 amide bonds. The molecule has 1 unspecified atom stereocenters. The second-order valence-electron chi connectivity index (χ2n) is 3.33. The minimum absolute atomic E-state index is 0.444. The van der Waals surface area contributed by atoms with E-state index in [4.69, 9.17) is 4.74 Å². The quantitative estimate of drug-likeness (QED) is 0.749. The Hall–Kier alpha value is -1.06. The van der Waals surface area contributed by atoms with Gasteiger partial charge in [0.1, 0.15) is 5.75 Å². The maximum atomic E-state index is 9.77. The van der Waals surface area contributed by atoms with Crippen molar-refractivity contribution < 1.29 is 9.84 Å². The second kappa shape index (κ2) is 6.43. The van der Waals surface area contributed by atoms with Crippen molar-refractivity contribution in [1.82, 2.24) is 5.32 Å². The highest BCUT2D eigenvalue weighted by molar-refractivity contribution is 5.28. The van der Waals surface area contributed by atoms with E-state index < -0.39 is 6.10 Å². The fourth-order valence-electron chi connectivity index (χ4n) is 1.35. The smallest absolute Gasteiger partial charge is 0.119 e. The molecule has 3 nitrogen and oxygen atoms in total. The summed E-state index contributed by atoms with van der Waals surface area (Å²) in [6.45, 7) is 6.09. The van der Waals surface area contributed by atoms with Gasteiger partial charge in [0.2, 0.25) is 0 Å². The summed E-state index contributed by atoms with van der Waals surface area (Å²) >= 11 is 0. The van der Waals surface area contributed by atoms with E-state index in [0.717, 1.165) is 17.9 Å². The number of rotatable bonds is 6. The number of aliphatic hydroxyl groups is 1. The fourth-order valence-corrected chi connectivity index (χ4v) is 1.35. The normalized spacial score (nSPS) is 12.5. The topological polar surface area (TPSA) is 41.5 Å². The van der Waals surface area contributed by atoms with Crippen LogP contribution in [0.4, 0.5) is 0 Å². The lowest BCUT2D eigenvalue weighted by atomic mass is 10.1. The number of benzene rings is 1. The van der Waals surface area contributed by atoms with Crippen molar-refractivity contribution in [1.29, 1.82) is 0 Å². The van der Waals surface area contributed by atoms with Crippen molar-refractivity contribution in [3.63, 3.8) is 0 Å². The van der Waals surface area contributed by atoms with Crippen LogP contribution in [0.15, 0.2) is 24.3 Å². The molecular weight excluding hydrogens is 190 g/mol. The Morgan fingerprint density at radius 1 is 1.27 bits per heavy atom. The summed E-state index contributed by atoms with van der Waals surface area (Å²) in [5.41, 5.74) is 0.916. The molecule has 0 radical (unpaired) electrons. The molecule has 0 fully saturated rings. The number of ether oxygens (including phenoxy) is 1. The van der Waals surface area contributed by atoms with Gasteiger partial charge in [-0.1, -0.05) is 19.1 Å². The third-order valence-electron chi connectivity index (χ3n) is 2.16. The van der Waals surface area contributed by atoms with Gasteiger partial charge in [-0.3, -0.25) is 0 Å². The summed E-state index contributed by atoms with van der Waals surface area (Å²) in [5, 5.41) is 12.9. The van der Waals surface area contributed by atoms with Gasteiger partial charge >= 0.3 is 0 Å². The monoisotopic (exact) mass is 209 g/mol. The van der Waals surface area contributed by atoms with E-state index in [1.165, 1.54) is 0 Å². The SMILES string of the molecule is CCNCC(O)c1ccc(OCC)cc1. The lowest BCUT2D eigenvalue weighted by Gasteiger charge is -2.11. The van der Waals surface area contributed by atoms with E-state index in [9.17, 15) is 5.11 Å². The number of nitrogens with one attached hydrogen (secondary N) is 1. The summed E-state index contributed by atoms with van der Waals surface area (Å²) in [5.74, 6) is 0.844. The Bertz CT molecular complexity index is 271. The van der Waals surface area contributed by atoms with Crippen molar-refractivity contribution in [2.24, 2.45) is 0 Å². The Balaban J connectivity index is 2.54. The van der Waals surface area contributed by atoms with Crippen LogP contribution >= 0.6 is 0 Å². The maximum Gasteiger partial charge on any atom is 0.119 e. The molecule has 0 aromatic heterocycles. The Morgan fingerprint density at radius 2 is 1.93 bits per heavy atom. The van der Waals surface area contributed by atoms with Gasteiger partial charge in [-0.2, -0.15) is 0 Å². The lowest BCUT2D eigenvalue weighted by Crippen LogP contribution is -2.20. The average Bonchev–Trinajstić information content (AvgIpc) is 2.27. The molecule has 0 aliphatic carbocycles. The molecule has 0 aliphatic heterocycles. The molecule has 84 valence electrons. The molecule has 2 N–H and O–H groups in total. The number of likely N-dealkylation sites (N-methyl/N-ethyl adjacent to an activating group) is 1. The summed E-state index contributed by atoms with van der Waals surface area (Å²) in [4.78, 5) is 0. The van der Waals surface area contributed by atoms with E-state index in [-0.39, 0.29) is 0 Å². The van der Waals surface area contributed by atoms with Crippen LogP contribution in [0, 0.1) is 0 Å². The summed E-state index contributed by atoms with van der Waals surface area (Å²) in [6.07, 6.45) is -0.444. The predicted molar refractivity (Wildman–Crippen MR) is 61.1 cm³/mol. The standard InChI is InChI=1S/C12H19NO2/c1-3-13-9-12(14)10-5-7-11(8-6-10)15-4-2/h5-8,12-14H,3-4,9H2,1-2H3. The molecule has 1 atom stereocenters. The molecular formula is C12H19NO2. The van der Waals surface area contributed by atoms with Crippen LogP contribution in [0.5, 0.6) is 5.75 Å². The number of aliphatic hydroxyl groups excluding tert-OH is 1. The van der Waals surface area contributed by atoms with Gasteiger partial charge in [0.05, 0.1) is 12.7 Å². The van der Waals surface area contributed by atoms with Gasteiger partial charge in [-0.15, -0.1) is 0 Å². The van der Waals surface area contributed by atoms with Gasteiger partial charge in [-0.05, 0) is 31.2 Å². The van der Waals surface area contributed by atoms with Gasteiger partial charge in [0, 0.05) is 6.54 Å². The zero-order chi connectivity index (χ0) is 11.1. The zero-order valence-corrected chi connectivity index (χ0v) is 9.36. The first kappa shape index (κ1) is 12.0. The first-order chi connectivity index (χ1) is 7.27. The molecule has 0 saturated carbocycles. The third kappa shape index (κ3) is 3.90. The maximum absolute atomic E-state index is 9.77. The molecule has 1 rings (SSSR count). The number of hydrogen-bond acceptors (Lipinski definition) is 3. The van der Waals surface area contributed by atoms with Crippen LogP contribution in [0.2, 0.25) is 0 Å². The lowest BCUT2D eigenvalue weighted by molar-refractivity contribution is 0.175. The Kier molecular flexibility index (Phi) is 5.15. The average molecular weight is 209 g/mol. The Labute approximate surface area is 91.1 Å². The van der Waals surface area contributed by atoms with Gasteiger partial charge in [0.15, 0.2) is 0 Å². The van der Waals surface area contributed by atoms with Crippen molar-refractivity contribution in [3.8, 4) is 5.75 Å². The highest BCUT2D eigenvalue weighted by Crippen LogP contribution is 2.17. The zero-order valence-electron chi connectivity index (χ0n) is 9.36. The second-order valence-corrected chi connectivity index (χ2v) is 3.33. The Morgan fingerprint density at radius 3 is 2.47 bits per heavy atom. The van der Waals surface area contributed by atoms with Crippen molar-refractivity contribution in [2.75, 3.05) is 19.7 Å². The molecule has 0 saturated heterocycles. The molecule has 0 bridgehead atoms. The molecule has 0 spiro atoms. The first-order valence-electron chi connectivity index (χ1n) is 5.39. The van der Waals surface area contributed by atoms with E-state index >= 15 is 0 Å². The van der Waals surface area contributed by atoms with Crippen LogP contribution in [-0.2, 0) is 0 Å². The summed E-state index contributed by atoms with van der Waals surface area (Å²) in [6, 6.07) is 7.56. The minimum Gasteiger partial charge on any atom is -0.494 e. The van der Waals surface area contributed by atoms with Crippen molar-refractivity contribution >= 4 is 0 Å². The largest absolute Gasteiger partial charge is 0.494 e. The molecule has 0 heterocycles. The van der Waals surface area contributed by atoms with E-state index in [1.807, 2.05) is 38.1 Å². The molecule has 15 heavy (non-hydrogen) atoms. The minimum atomic E-state index is -0.444. The van der Waals surface area contributed by atoms with Crippen LogP contribution in [0.1, 0.15) is 25.5 Å². The van der Waals surface area contributed by atoms with Crippen LogP contribution < -0.4 is 10.1 Å². The van der Waals surface area contributed by atoms with Crippen LogP contribution in [-0.4, -0.2) is 24.8 Å². The first-order valence-corrected chi connectivity index (χ1v) is 5.39. The predicted octanol–water partition coefficient (Wildman–Crippen LogP) is 1.73. The fraction of sp³-hybridized carbons (Fsp3) is 0.500. The summed E-state index contributed by atoms with van der Waals surface area (Å²) in [7, 11) is 0. The van der Waals surface area contributed by atoms with Crippen molar-refractivity contribution in [3.05, 3.63) is 29.8 Å². The molecule has 0 aliphatic rings. The van der Waals surface area contributed by atoms with E-state index in [2.05, 4.69) is 5.32 Å². The van der Waals surface area contributed by atoms with E-state index in [1.54, 1.807) is 0 Å². The number of hydrogen-bond donors (Lipinski definition) is 2. The van der Waals surface area contributed by atoms with Crippen molar-refractivity contribution in [2.45, 2.75) is 20.0 Å². The molecule has 1 aromatic rings. The van der Waals surface area contributed by atoms with Gasteiger partial charge < -0.3 is 15.2 Å². The van der Waals surface area contributed by atoms with E-state index in [0.29, 0.717) is 13.2 Å². The third-order valence-corrected chi connectivity index (χ3v) is 2.16.